The van der Waals surface area contributed by atoms with Crippen molar-refractivity contribution in [2.45, 2.75) is 45.5 Å². The van der Waals surface area contributed by atoms with Crippen LogP contribution in [0, 0.1) is 6.92 Å². The number of thioether (sulfide) groups is 1. The van der Waals surface area contributed by atoms with E-state index in [0.29, 0.717) is 17.1 Å². The van der Waals surface area contributed by atoms with Crippen molar-refractivity contribution in [3.8, 4) is 22.8 Å². The first-order chi connectivity index (χ1) is 23.8. The highest BCUT2D eigenvalue weighted by Gasteiger charge is 2.28. The van der Waals surface area contributed by atoms with Crippen molar-refractivity contribution in [1.29, 1.82) is 0 Å². The standard InChI is InChI=1S/C39H31N3O4S3/c1-26-16-19-31(20-17-26)49(44,45)42-33(23-28-12-6-3-7-13-28)39(43)48-38-30(22-27-10-4-2-5-11-27)24-32(40-41-38)29-18-21-35-37(25-29)47-36-15-9-8-14-34(36)46-35/h2-21,24-25,33,42H,22-23H2,1H3. The van der Waals surface area contributed by atoms with Gasteiger partial charge in [-0.05, 0) is 90.3 Å². The molecule has 7 nitrogen and oxygen atoms in total. The molecule has 1 aromatic heterocycles. The number of aryl methyl sites for hydroxylation is 1. The fraction of sp³-hybridized carbons (Fsp3) is 0.103. The van der Waals surface area contributed by atoms with Gasteiger partial charge in [-0.2, -0.15) is 4.72 Å². The minimum atomic E-state index is -3.99. The van der Waals surface area contributed by atoms with E-state index in [1.165, 1.54) is 0 Å². The molecule has 1 aliphatic heterocycles. The van der Waals surface area contributed by atoms with E-state index in [1.54, 1.807) is 36.0 Å². The lowest BCUT2D eigenvalue weighted by molar-refractivity contribution is -0.112. The third-order valence-corrected chi connectivity index (χ3v) is 11.6. The number of hydrogen-bond donors (Lipinski definition) is 1. The summed E-state index contributed by atoms with van der Waals surface area (Å²) in [5, 5.41) is 9.18. The molecule has 1 atom stereocenters. The lowest BCUT2D eigenvalue weighted by atomic mass is 10.0. The number of aromatic nitrogens is 2. The molecular formula is C39H31N3O4S3. The van der Waals surface area contributed by atoms with Crippen LogP contribution in [0.15, 0.2) is 153 Å². The Morgan fingerprint density at radius 3 is 2.20 bits per heavy atom. The van der Waals surface area contributed by atoms with E-state index in [1.807, 2.05) is 116 Å². The van der Waals surface area contributed by atoms with Crippen LogP contribution in [0.2, 0.25) is 0 Å². The zero-order valence-electron chi connectivity index (χ0n) is 26.4. The van der Waals surface area contributed by atoms with Crippen LogP contribution >= 0.6 is 23.5 Å². The second-order valence-corrected chi connectivity index (χ2v) is 15.4. The van der Waals surface area contributed by atoms with Gasteiger partial charge in [0.25, 0.3) is 0 Å². The van der Waals surface area contributed by atoms with E-state index >= 15 is 0 Å². The number of carbonyl (C=O) groups is 1. The normalized spacial score (nSPS) is 12.8. The maximum absolute atomic E-state index is 14.1. The molecule has 7 rings (SSSR count). The van der Waals surface area contributed by atoms with Gasteiger partial charge in [0.05, 0.1) is 26.4 Å². The molecule has 1 aliphatic rings. The van der Waals surface area contributed by atoms with Crippen LogP contribution in [0.25, 0.3) is 11.3 Å². The summed E-state index contributed by atoms with van der Waals surface area (Å²) in [4.78, 5) is 16.2. The topological polar surface area (TPSA) is 98.2 Å². The molecule has 244 valence electrons. The van der Waals surface area contributed by atoms with E-state index in [2.05, 4.69) is 14.9 Å². The Labute approximate surface area is 294 Å². The van der Waals surface area contributed by atoms with Crippen LogP contribution < -0.4 is 9.46 Å². The number of hydrogen-bond acceptors (Lipinski definition) is 8. The predicted molar refractivity (Wildman–Crippen MR) is 194 cm³/mol. The summed E-state index contributed by atoms with van der Waals surface area (Å²) >= 11 is 2.55. The predicted octanol–water partition coefficient (Wildman–Crippen LogP) is 8.51. The monoisotopic (exact) mass is 701 g/mol. The van der Waals surface area contributed by atoms with Crippen molar-refractivity contribution in [3.63, 3.8) is 0 Å². The van der Waals surface area contributed by atoms with Crippen LogP contribution in [0.5, 0.6) is 11.5 Å². The Hall–Kier alpha value is -4.74. The third-order valence-electron chi connectivity index (χ3n) is 7.99. The van der Waals surface area contributed by atoms with Crippen molar-refractivity contribution < 1.29 is 17.9 Å². The van der Waals surface area contributed by atoms with Crippen LogP contribution in [0.1, 0.15) is 22.3 Å². The van der Waals surface area contributed by atoms with Gasteiger partial charge in [0.2, 0.25) is 15.1 Å². The minimum absolute atomic E-state index is 0.0972. The smallest absolute Gasteiger partial charge is 0.241 e. The number of benzene rings is 5. The molecule has 0 bridgehead atoms. The molecule has 5 aromatic carbocycles. The molecule has 0 aliphatic carbocycles. The van der Waals surface area contributed by atoms with E-state index in [4.69, 9.17) is 4.74 Å². The van der Waals surface area contributed by atoms with Crippen molar-refractivity contribution in [1.82, 2.24) is 14.9 Å². The van der Waals surface area contributed by atoms with Gasteiger partial charge in [-0.25, -0.2) is 8.42 Å². The van der Waals surface area contributed by atoms with Crippen molar-refractivity contribution in [2.24, 2.45) is 0 Å². The molecule has 2 heterocycles. The summed E-state index contributed by atoms with van der Waals surface area (Å²) in [7, 11) is -3.99. The highest BCUT2D eigenvalue weighted by molar-refractivity contribution is 8.13. The first-order valence-electron chi connectivity index (χ1n) is 15.6. The van der Waals surface area contributed by atoms with E-state index in [-0.39, 0.29) is 16.4 Å². The van der Waals surface area contributed by atoms with Gasteiger partial charge in [-0.1, -0.05) is 102 Å². The molecule has 0 saturated carbocycles. The number of ether oxygens (including phenoxy) is 1. The maximum atomic E-state index is 14.1. The molecule has 0 amide bonds. The molecule has 49 heavy (non-hydrogen) atoms. The summed E-state index contributed by atoms with van der Waals surface area (Å²) in [6, 6.07) is 40.6. The quantitative estimate of drug-likeness (QED) is 0.142. The summed E-state index contributed by atoms with van der Waals surface area (Å²) in [6.45, 7) is 1.89. The maximum Gasteiger partial charge on any atom is 0.241 e. The van der Waals surface area contributed by atoms with E-state index in [9.17, 15) is 13.2 Å². The molecule has 0 fully saturated rings. The largest absolute Gasteiger partial charge is 0.455 e. The molecule has 6 aromatic rings. The molecule has 0 spiro atoms. The average molecular weight is 702 g/mol. The van der Waals surface area contributed by atoms with Crippen molar-refractivity contribution in [3.05, 3.63) is 156 Å². The van der Waals surface area contributed by atoms with Crippen LogP contribution in [0.3, 0.4) is 0 Å². The minimum Gasteiger partial charge on any atom is -0.455 e. The van der Waals surface area contributed by atoms with Crippen molar-refractivity contribution >= 4 is 38.7 Å². The van der Waals surface area contributed by atoms with Crippen LogP contribution in [-0.4, -0.2) is 29.8 Å². The highest BCUT2D eigenvalue weighted by atomic mass is 32.2. The lowest BCUT2D eigenvalue weighted by Crippen LogP contribution is -2.41. The third kappa shape index (κ3) is 7.79. The van der Waals surface area contributed by atoms with Crippen molar-refractivity contribution in [2.75, 3.05) is 0 Å². The number of sulfonamides is 1. The average Bonchev–Trinajstić information content (AvgIpc) is 3.12. The SMILES string of the molecule is Cc1ccc(S(=O)(=O)NC(Cc2ccccc2)C(=O)Sc2nnc(-c3ccc4c(c3)Sc3ccccc3O4)cc2Cc2ccccc2)cc1. The van der Waals surface area contributed by atoms with Gasteiger partial charge in [0.15, 0.2) is 0 Å². The molecule has 10 heteroatoms. The second-order valence-electron chi connectivity index (χ2n) is 11.6. The fourth-order valence-corrected chi connectivity index (χ4v) is 8.52. The highest BCUT2D eigenvalue weighted by Crippen LogP contribution is 2.47. The number of nitrogens with zero attached hydrogens (tertiary/aromatic N) is 2. The Morgan fingerprint density at radius 2 is 1.45 bits per heavy atom. The Balaban J connectivity index is 1.20. The fourth-order valence-electron chi connectivity index (χ4n) is 5.44. The number of rotatable bonds is 10. The molecule has 1 unspecified atom stereocenters. The van der Waals surface area contributed by atoms with Gasteiger partial charge < -0.3 is 4.74 Å². The lowest BCUT2D eigenvalue weighted by Gasteiger charge is -2.20. The van der Waals surface area contributed by atoms with Crippen LogP contribution in [0.4, 0.5) is 0 Å². The Morgan fingerprint density at radius 1 is 0.776 bits per heavy atom. The summed E-state index contributed by atoms with van der Waals surface area (Å²) in [5.41, 5.74) is 5.14. The van der Waals surface area contributed by atoms with E-state index in [0.717, 1.165) is 60.9 Å². The Kier molecular flexibility index (Phi) is 9.63. The van der Waals surface area contributed by atoms with E-state index < -0.39 is 16.1 Å². The van der Waals surface area contributed by atoms with Crippen LogP contribution in [-0.2, 0) is 27.7 Å². The first-order valence-corrected chi connectivity index (χ1v) is 18.8. The number of nitrogens with one attached hydrogen (secondary N) is 1. The first kappa shape index (κ1) is 32.8. The van der Waals surface area contributed by atoms with Gasteiger partial charge in [0, 0.05) is 12.0 Å². The molecule has 0 radical (unpaired) electrons. The summed E-state index contributed by atoms with van der Waals surface area (Å²) in [5.74, 6) is 1.61. The number of fused-ring (bicyclic) bond motifs is 2. The summed E-state index contributed by atoms with van der Waals surface area (Å²) < 4.78 is 35.7. The molecule has 1 N–H and O–H groups in total. The number of carbonyl (C=O) groups excluding carboxylic acids is 1. The molecule has 0 saturated heterocycles. The number of para-hydroxylation sites is 1. The summed E-state index contributed by atoms with van der Waals surface area (Å²) in [6.07, 6.45) is 0.683. The van der Waals surface area contributed by atoms with Gasteiger partial charge in [-0.3, -0.25) is 4.79 Å². The van der Waals surface area contributed by atoms with Gasteiger partial charge >= 0.3 is 0 Å². The molecular weight excluding hydrogens is 671 g/mol. The Bertz CT molecular complexity index is 2230. The zero-order valence-corrected chi connectivity index (χ0v) is 28.9. The second kappa shape index (κ2) is 14.4. The van der Waals surface area contributed by atoms with Gasteiger partial charge in [-0.15, -0.1) is 10.2 Å². The van der Waals surface area contributed by atoms with Gasteiger partial charge in [0.1, 0.15) is 16.5 Å². The zero-order chi connectivity index (χ0) is 33.8.